The fourth-order valence-corrected chi connectivity index (χ4v) is 3.74. The molecular weight excluding hydrogens is 291 g/mol. The molecule has 1 amide bonds. The number of hydrogen-bond acceptors (Lipinski definition) is 2. The number of likely N-dealkylation sites (tertiary alicyclic amines) is 1. The van der Waals surface area contributed by atoms with Gasteiger partial charge in [0.1, 0.15) is 5.82 Å². The van der Waals surface area contributed by atoms with E-state index in [0.717, 1.165) is 19.4 Å². The number of hydrogen-bond donors (Lipinski definition) is 1. The molecule has 1 N–H and O–H groups in total. The normalized spacial score (nSPS) is 26.1. The van der Waals surface area contributed by atoms with Crippen LogP contribution in [-0.2, 0) is 0 Å². The van der Waals surface area contributed by atoms with Gasteiger partial charge in [-0.25, -0.2) is 4.39 Å². The zero-order valence-corrected chi connectivity index (χ0v) is 12.7. The van der Waals surface area contributed by atoms with E-state index in [9.17, 15) is 9.18 Å². The minimum atomic E-state index is -0.534. The molecule has 2 aliphatic heterocycles. The first-order chi connectivity index (χ1) is 10.2. The first-order valence-corrected chi connectivity index (χ1v) is 8.01. The lowest BCUT2D eigenvalue weighted by Gasteiger charge is -2.36. The quantitative estimate of drug-likeness (QED) is 0.910. The highest BCUT2D eigenvalue weighted by molar-refractivity contribution is 6.33. The van der Waals surface area contributed by atoms with Crippen molar-refractivity contribution in [2.75, 3.05) is 19.6 Å². The molecule has 0 bridgehead atoms. The summed E-state index contributed by atoms with van der Waals surface area (Å²) in [5, 5.41) is 3.71. The second kappa shape index (κ2) is 6.32. The van der Waals surface area contributed by atoms with E-state index in [2.05, 4.69) is 5.32 Å². The fourth-order valence-electron chi connectivity index (χ4n) is 3.50. The number of benzene rings is 1. The number of rotatable bonds is 2. The average Bonchev–Trinajstić information content (AvgIpc) is 3.01. The van der Waals surface area contributed by atoms with Crippen molar-refractivity contribution in [2.45, 2.75) is 31.7 Å². The van der Waals surface area contributed by atoms with Crippen molar-refractivity contribution in [1.82, 2.24) is 10.2 Å². The summed E-state index contributed by atoms with van der Waals surface area (Å²) in [4.78, 5) is 14.3. The Morgan fingerprint density at radius 2 is 2.19 bits per heavy atom. The maximum atomic E-state index is 13.9. The summed E-state index contributed by atoms with van der Waals surface area (Å²) in [6, 6.07) is 4.88. The van der Waals surface area contributed by atoms with E-state index in [1.165, 1.54) is 25.0 Å². The summed E-state index contributed by atoms with van der Waals surface area (Å²) >= 11 is 6.01. The summed E-state index contributed by atoms with van der Waals surface area (Å²) in [6.45, 7) is 2.45. The van der Waals surface area contributed by atoms with Crippen molar-refractivity contribution < 1.29 is 9.18 Å². The van der Waals surface area contributed by atoms with Gasteiger partial charge in [-0.15, -0.1) is 0 Å². The van der Waals surface area contributed by atoms with Crippen LogP contribution in [-0.4, -0.2) is 36.5 Å². The molecule has 0 saturated carbocycles. The van der Waals surface area contributed by atoms with Crippen molar-refractivity contribution in [2.24, 2.45) is 5.92 Å². The summed E-state index contributed by atoms with van der Waals surface area (Å²) < 4.78 is 13.9. The molecule has 0 aromatic heterocycles. The largest absolute Gasteiger partial charge is 0.338 e. The molecule has 2 heterocycles. The highest BCUT2D eigenvalue weighted by Crippen LogP contribution is 2.27. The van der Waals surface area contributed by atoms with E-state index in [-0.39, 0.29) is 16.5 Å². The lowest BCUT2D eigenvalue weighted by atomic mass is 9.89. The Morgan fingerprint density at radius 3 is 2.90 bits per heavy atom. The van der Waals surface area contributed by atoms with E-state index in [1.54, 1.807) is 11.0 Å². The molecule has 2 fully saturated rings. The zero-order chi connectivity index (χ0) is 14.8. The van der Waals surface area contributed by atoms with Crippen molar-refractivity contribution in [3.63, 3.8) is 0 Å². The fraction of sp³-hybridized carbons (Fsp3) is 0.562. The van der Waals surface area contributed by atoms with Crippen LogP contribution in [0.5, 0.6) is 0 Å². The van der Waals surface area contributed by atoms with Crippen LogP contribution in [0.4, 0.5) is 4.39 Å². The monoisotopic (exact) mass is 310 g/mol. The van der Waals surface area contributed by atoms with E-state index >= 15 is 0 Å². The number of nitrogens with zero attached hydrogens (tertiary/aromatic N) is 1. The predicted octanol–water partition coefficient (Wildman–Crippen LogP) is 3.08. The Hall–Kier alpha value is -1.13. The van der Waals surface area contributed by atoms with Crippen LogP contribution in [0.3, 0.4) is 0 Å². The van der Waals surface area contributed by atoms with Gasteiger partial charge in [0.05, 0.1) is 10.6 Å². The van der Waals surface area contributed by atoms with E-state index in [4.69, 9.17) is 11.6 Å². The molecule has 1 aromatic rings. The van der Waals surface area contributed by atoms with Crippen LogP contribution in [0.25, 0.3) is 0 Å². The predicted molar refractivity (Wildman–Crippen MR) is 81.1 cm³/mol. The van der Waals surface area contributed by atoms with Gasteiger partial charge in [-0.1, -0.05) is 17.7 Å². The Morgan fingerprint density at radius 1 is 1.33 bits per heavy atom. The van der Waals surface area contributed by atoms with Gasteiger partial charge in [-0.05, 0) is 50.3 Å². The van der Waals surface area contributed by atoms with Gasteiger partial charge in [0, 0.05) is 19.1 Å². The van der Waals surface area contributed by atoms with Gasteiger partial charge in [0.15, 0.2) is 0 Å². The Bertz CT molecular complexity index is 511. The maximum Gasteiger partial charge on any atom is 0.258 e. The third kappa shape index (κ3) is 3.06. The Kier molecular flexibility index (Phi) is 4.45. The van der Waals surface area contributed by atoms with Crippen molar-refractivity contribution >= 4 is 17.5 Å². The molecule has 0 spiro atoms. The van der Waals surface area contributed by atoms with Gasteiger partial charge >= 0.3 is 0 Å². The maximum absolute atomic E-state index is 13.9. The Balaban J connectivity index is 1.75. The zero-order valence-electron chi connectivity index (χ0n) is 11.9. The molecule has 5 heteroatoms. The molecule has 3 nitrogen and oxygen atoms in total. The van der Waals surface area contributed by atoms with Crippen LogP contribution in [0.2, 0.25) is 5.02 Å². The van der Waals surface area contributed by atoms with Crippen LogP contribution < -0.4 is 5.32 Å². The highest BCUT2D eigenvalue weighted by Gasteiger charge is 2.32. The number of amides is 1. The van der Waals surface area contributed by atoms with Crippen LogP contribution >= 0.6 is 11.6 Å². The van der Waals surface area contributed by atoms with E-state index in [0.29, 0.717) is 25.0 Å². The first-order valence-electron chi connectivity index (χ1n) is 7.63. The lowest BCUT2D eigenvalue weighted by Crippen LogP contribution is -2.46. The van der Waals surface area contributed by atoms with Gasteiger partial charge in [0.2, 0.25) is 0 Å². The second-order valence-electron chi connectivity index (χ2n) is 5.95. The number of piperidine rings is 1. The molecule has 21 heavy (non-hydrogen) atoms. The lowest BCUT2D eigenvalue weighted by molar-refractivity contribution is 0.0646. The standard InChI is InChI=1S/C16H20ClFN2O/c17-12-5-1-6-13(18)15(12)16(21)20-9-3-4-11(10-20)14-7-2-8-19-14/h1,5-6,11,14,19H,2-4,7-10H2. The molecular formula is C16H20ClFN2O. The van der Waals surface area contributed by atoms with Gasteiger partial charge in [-0.3, -0.25) is 4.79 Å². The third-order valence-electron chi connectivity index (χ3n) is 4.59. The molecule has 2 saturated heterocycles. The van der Waals surface area contributed by atoms with Crippen LogP contribution in [0.1, 0.15) is 36.0 Å². The molecule has 0 aliphatic carbocycles. The van der Waals surface area contributed by atoms with Crippen molar-refractivity contribution in [1.29, 1.82) is 0 Å². The number of carbonyl (C=O) groups excluding carboxylic acids is 1. The third-order valence-corrected chi connectivity index (χ3v) is 4.90. The highest BCUT2D eigenvalue weighted by atomic mass is 35.5. The van der Waals surface area contributed by atoms with Gasteiger partial charge in [-0.2, -0.15) is 0 Å². The SMILES string of the molecule is O=C(c1c(F)cccc1Cl)N1CCCC(C2CCCN2)C1. The van der Waals surface area contributed by atoms with Crippen molar-refractivity contribution in [3.8, 4) is 0 Å². The average molecular weight is 311 g/mol. The number of carbonyl (C=O) groups is 1. The van der Waals surface area contributed by atoms with Crippen LogP contribution in [0, 0.1) is 11.7 Å². The van der Waals surface area contributed by atoms with Gasteiger partial charge < -0.3 is 10.2 Å². The topological polar surface area (TPSA) is 32.3 Å². The number of halogens is 2. The summed E-state index contributed by atoms with van der Waals surface area (Å²) in [5.41, 5.74) is 0.0131. The molecule has 114 valence electrons. The smallest absolute Gasteiger partial charge is 0.258 e. The van der Waals surface area contributed by atoms with Gasteiger partial charge in [0.25, 0.3) is 5.91 Å². The molecule has 2 unspecified atom stereocenters. The summed E-state index contributed by atoms with van der Waals surface area (Å²) in [7, 11) is 0. The summed E-state index contributed by atoms with van der Waals surface area (Å²) in [5.74, 6) is -0.342. The van der Waals surface area contributed by atoms with E-state index in [1.807, 2.05) is 0 Å². The first kappa shape index (κ1) is 14.8. The molecule has 2 aliphatic rings. The molecule has 1 aromatic carbocycles. The Labute approximate surface area is 129 Å². The van der Waals surface area contributed by atoms with Crippen molar-refractivity contribution in [3.05, 3.63) is 34.6 Å². The minimum absolute atomic E-state index is 0.0131. The molecule has 3 rings (SSSR count). The second-order valence-corrected chi connectivity index (χ2v) is 6.36. The minimum Gasteiger partial charge on any atom is -0.338 e. The number of nitrogens with one attached hydrogen (secondary N) is 1. The van der Waals surface area contributed by atoms with Crippen LogP contribution in [0.15, 0.2) is 18.2 Å². The van der Waals surface area contributed by atoms with E-state index < -0.39 is 5.82 Å². The molecule has 2 atom stereocenters. The summed E-state index contributed by atoms with van der Waals surface area (Å²) in [6.07, 6.45) is 4.48. The molecule has 0 radical (unpaired) electrons.